The van der Waals surface area contributed by atoms with Gasteiger partial charge in [-0.1, -0.05) is 18.5 Å². The summed E-state index contributed by atoms with van der Waals surface area (Å²) in [5, 5.41) is 9.11. The van der Waals surface area contributed by atoms with E-state index in [-0.39, 0.29) is 5.92 Å². The Bertz CT molecular complexity index is 129. The molecule has 0 aromatic carbocycles. The summed E-state index contributed by atoms with van der Waals surface area (Å²) in [6.45, 7) is 2.12. The second-order valence-electron chi connectivity index (χ2n) is 3.59. The SMILES string of the molecule is CC1CC(C(O)Cl)CC[C@H]1N. The van der Waals surface area contributed by atoms with Gasteiger partial charge in [0, 0.05) is 6.04 Å². The van der Waals surface area contributed by atoms with Crippen molar-refractivity contribution in [2.75, 3.05) is 0 Å². The first-order valence-corrected chi connectivity index (χ1v) is 4.62. The van der Waals surface area contributed by atoms with Gasteiger partial charge in [-0.25, -0.2) is 0 Å². The van der Waals surface area contributed by atoms with Crippen LogP contribution in [0.15, 0.2) is 0 Å². The number of aliphatic hydroxyl groups excluding tert-OH is 1. The molecule has 4 atom stereocenters. The fourth-order valence-electron chi connectivity index (χ4n) is 1.71. The van der Waals surface area contributed by atoms with Crippen LogP contribution in [0.25, 0.3) is 0 Å². The van der Waals surface area contributed by atoms with Crippen molar-refractivity contribution < 1.29 is 5.11 Å². The molecule has 0 aromatic rings. The Morgan fingerprint density at radius 2 is 2.18 bits per heavy atom. The smallest absolute Gasteiger partial charge is 0.130 e. The summed E-state index contributed by atoms with van der Waals surface area (Å²) < 4.78 is 0. The van der Waals surface area contributed by atoms with Crippen LogP contribution in [0.3, 0.4) is 0 Å². The quantitative estimate of drug-likeness (QED) is 0.594. The van der Waals surface area contributed by atoms with Crippen molar-refractivity contribution in [3.05, 3.63) is 0 Å². The molecule has 0 amide bonds. The van der Waals surface area contributed by atoms with E-state index in [1.165, 1.54) is 0 Å². The molecule has 0 aliphatic heterocycles. The maximum absolute atomic E-state index is 9.11. The molecule has 2 nitrogen and oxygen atoms in total. The Morgan fingerprint density at radius 1 is 1.55 bits per heavy atom. The van der Waals surface area contributed by atoms with E-state index in [2.05, 4.69) is 6.92 Å². The molecule has 1 saturated carbocycles. The molecule has 3 heteroatoms. The van der Waals surface area contributed by atoms with E-state index in [4.69, 9.17) is 22.4 Å². The molecule has 3 N–H and O–H groups in total. The summed E-state index contributed by atoms with van der Waals surface area (Å²) in [5.74, 6) is 0.758. The minimum Gasteiger partial charge on any atom is -0.377 e. The topological polar surface area (TPSA) is 46.2 Å². The van der Waals surface area contributed by atoms with E-state index in [1.54, 1.807) is 0 Å². The van der Waals surface area contributed by atoms with Crippen LogP contribution in [0.1, 0.15) is 26.2 Å². The highest BCUT2D eigenvalue weighted by atomic mass is 35.5. The van der Waals surface area contributed by atoms with Gasteiger partial charge >= 0.3 is 0 Å². The molecule has 0 spiro atoms. The lowest BCUT2D eigenvalue weighted by atomic mass is 9.80. The highest BCUT2D eigenvalue weighted by Crippen LogP contribution is 2.31. The van der Waals surface area contributed by atoms with Crippen LogP contribution in [-0.2, 0) is 0 Å². The third-order valence-corrected chi connectivity index (χ3v) is 3.02. The highest BCUT2D eigenvalue weighted by Gasteiger charge is 2.28. The Labute approximate surface area is 72.7 Å². The number of aliphatic hydroxyl groups is 1. The number of halogens is 1. The largest absolute Gasteiger partial charge is 0.377 e. The lowest BCUT2D eigenvalue weighted by Gasteiger charge is -2.32. The zero-order valence-electron chi connectivity index (χ0n) is 6.83. The standard InChI is InChI=1S/C8H16ClNO/c1-5-4-6(8(9)11)2-3-7(5)10/h5-8,11H,2-4,10H2,1H3/t5?,6?,7-,8?/m1/s1. The van der Waals surface area contributed by atoms with Crippen molar-refractivity contribution in [3.63, 3.8) is 0 Å². The van der Waals surface area contributed by atoms with E-state index in [0.29, 0.717) is 12.0 Å². The zero-order chi connectivity index (χ0) is 8.43. The molecular weight excluding hydrogens is 162 g/mol. The first kappa shape index (κ1) is 9.30. The van der Waals surface area contributed by atoms with Gasteiger partial charge < -0.3 is 10.8 Å². The molecule has 1 aliphatic rings. The summed E-state index contributed by atoms with van der Waals surface area (Å²) >= 11 is 5.58. The van der Waals surface area contributed by atoms with Crippen molar-refractivity contribution in [1.29, 1.82) is 0 Å². The van der Waals surface area contributed by atoms with Gasteiger partial charge in [0.2, 0.25) is 0 Å². The molecule has 1 fully saturated rings. The second-order valence-corrected chi connectivity index (χ2v) is 4.03. The Morgan fingerprint density at radius 3 is 2.64 bits per heavy atom. The minimum atomic E-state index is -0.676. The summed E-state index contributed by atoms with van der Waals surface area (Å²) in [7, 11) is 0. The zero-order valence-corrected chi connectivity index (χ0v) is 7.59. The van der Waals surface area contributed by atoms with Gasteiger partial charge in [-0.05, 0) is 31.1 Å². The van der Waals surface area contributed by atoms with E-state index < -0.39 is 5.56 Å². The average molecular weight is 178 g/mol. The van der Waals surface area contributed by atoms with Crippen LogP contribution in [0.5, 0.6) is 0 Å². The van der Waals surface area contributed by atoms with Crippen LogP contribution in [0, 0.1) is 11.8 Å². The van der Waals surface area contributed by atoms with Crippen molar-refractivity contribution >= 4 is 11.6 Å². The normalized spacial score (nSPS) is 42.0. The van der Waals surface area contributed by atoms with Crippen LogP contribution < -0.4 is 5.73 Å². The van der Waals surface area contributed by atoms with Crippen LogP contribution in [0.2, 0.25) is 0 Å². The van der Waals surface area contributed by atoms with Crippen molar-refractivity contribution in [2.45, 2.75) is 37.8 Å². The second kappa shape index (κ2) is 3.74. The van der Waals surface area contributed by atoms with E-state index in [0.717, 1.165) is 19.3 Å². The molecule has 0 saturated heterocycles. The summed E-state index contributed by atoms with van der Waals surface area (Å²) in [5.41, 5.74) is 5.14. The fourth-order valence-corrected chi connectivity index (χ4v) is 1.94. The van der Waals surface area contributed by atoms with E-state index in [9.17, 15) is 0 Å². The molecule has 0 heterocycles. The molecule has 3 unspecified atom stereocenters. The monoisotopic (exact) mass is 177 g/mol. The number of nitrogens with two attached hydrogens (primary N) is 1. The number of alkyl halides is 1. The number of hydrogen-bond donors (Lipinski definition) is 2. The lowest BCUT2D eigenvalue weighted by Crippen LogP contribution is -2.36. The Kier molecular flexibility index (Phi) is 3.16. The summed E-state index contributed by atoms with van der Waals surface area (Å²) in [6, 6.07) is 0.307. The summed E-state index contributed by atoms with van der Waals surface area (Å²) in [6.07, 6.45) is 2.93. The highest BCUT2D eigenvalue weighted by molar-refractivity contribution is 6.19. The van der Waals surface area contributed by atoms with Gasteiger partial charge in [0.25, 0.3) is 0 Å². The first-order chi connectivity index (χ1) is 5.11. The van der Waals surface area contributed by atoms with Gasteiger partial charge in [0.15, 0.2) is 0 Å². The maximum atomic E-state index is 9.11. The van der Waals surface area contributed by atoms with Crippen LogP contribution in [-0.4, -0.2) is 16.7 Å². The molecule has 0 aromatic heterocycles. The minimum absolute atomic E-state index is 0.256. The fraction of sp³-hybridized carbons (Fsp3) is 1.00. The Balaban J connectivity index is 2.40. The lowest BCUT2D eigenvalue weighted by molar-refractivity contribution is 0.124. The van der Waals surface area contributed by atoms with E-state index in [1.807, 2.05) is 0 Å². The molecule has 0 bridgehead atoms. The third kappa shape index (κ3) is 2.32. The Hall–Kier alpha value is 0.210. The predicted octanol–water partition coefficient (Wildman–Crippen LogP) is 1.31. The molecule has 1 aliphatic carbocycles. The predicted molar refractivity (Wildman–Crippen MR) is 46.3 cm³/mol. The number of rotatable bonds is 1. The third-order valence-electron chi connectivity index (χ3n) is 2.67. The maximum Gasteiger partial charge on any atom is 0.130 e. The average Bonchev–Trinajstić information content (AvgIpc) is 1.94. The van der Waals surface area contributed by atoms with Crippen LogP contribution in [0.4, 0.5) is 0 Å². The molecule has 11 heavy (non-hydrogen) atoms. The van der Waals surface area contributed by atoms with Crippen LogP contribution >= 0.6 is 11.6 Å². The van der Waals surface area contributed by atoms with Crippen molar-refractivity contribution in [2.24, 2.45) is 17.6 Å². The van der Waals surface area contributed by atoms with Gasteiger partial charge in [-0.15, -0.1) is 0 Å². The van der Waals surface area contributed by atoms with Gasteiger partial charge in [0.05, 0.1) is 0 Å². The molecule has 1 rings (SSSR count). The van der Waals surface area contributed by atoms with Gasteiger partial charge in [0.1, 0.15) is 5.56 Å². The molecular formula is C8H16ClNO. The molecule has 66 valence electrons. The van der Waals surface area contributed by atoms with Gasteiger partial charge in [-0.3, -0.25) is 0 Å². The molecule has 0 radical (unpaired) electrons. The first-order valence-electron chi connectivity index (χ1n) is 4.19. The number of hydrogen-bond acceptors (Lipinski definition) is 2. The summed E-state index contributed by atoms with van der Waals surface area (Å²) in [4.78, 5) is 0. The van der Waals surface area contributed by atoms with E-state index >= 15 is 0 Å². The van der Waals surface area contributed by atoms with Crippen molar-refractivity contribution in [1.82, 2.24) is 0 Å². The van der Waals surface area contributed by atoms with Crippen molar-refractivity contribution in [3.8, 4) is 0 Å². The van der Waals surface area contributed by atoms with Gasteiger partial charge in [-0.2, -0.15) is 0 Å².